The van der Waals surface area contributed by atoms with Crippen LogP contribution in [0.25, 0.3) is 0 Å². The summed E-state index contributed by atoms with van der Waals surface area (Å²) in [7, 11) is -3.84. The van der Waals surface area contributed by atoms with Gasteiger partial charge in [-0.2, -0.15) is 0 Å². The van der Waals surface area contributed by atoms with Crippen LogP contribution in [-0.4, -0.2) is 56.6 Å². The average molecular weight is 544 g/mol. The number of amides is 2. The summed E-state index contributed by atoms with van der Waals surface area (Å²) < 4.78 is 32.5. The Labute approximate surface area is 227 Å². The highest BCUT2D eigenvalue weighted by atomic mass is 32.2. The largest absolute Gasteiger partial charge is 0.492 e. The molecule has 208 valence electrons. The first-order valence-electron chi connectivity index (χ1n) is 13.5. The summed E-state index contributed by atoms with van der Waals surface area (Å²) in [6.45, 7) is 5.76. The SMILES string of the molecule is CCOc1ccccc1N(CC(=O)N(Cc1cccc(C)c1)[C@H](CC)C(=O)NC1CCCCC1)S(C)(=O)=O. The van der Waals surface area contributed by atoms with Crippen LogP contribution >= 0.6 is 0 Å². The molecule has 0 saturated heterocycles. The molecule has 1 atom stereocenters. The summed E-state index contributed by atoms with van der Waals surface area (Å²) in [6.07, 6.45) is 6.68. The van der Waals surface area contributed by atoms with Crippen LogP contribution in [0.4, 0.5) is 5.69 Å². The number of ether oxygens (including phenoxy) is 1. The normalized spacial score (nSPS) is 14.9. The van der Waals surface area contributed by atoms with E-state index in [1.54, 1.807) is 24.3 Å². The van der Waals surface area contributed by atoms with Crippen LogP contribution in [0, 0.1) is 6.92 Å². The molecule has 0 unspecified atom stereocenters. The second-order valence-corrected chi connectivity index (χ2v) is 11.9. The van der Waals surface area contributed by atoms with Crippen molar-refractivity contribution in [2.75, 3.05) is 23.7 Å². The molecule has 9 heteroatoms. The van der Waals surface area contributed by atoms with E-state index in [0.717, 1.165) is 47.4 Å². The molecule has 2 aromatic rings. The van der Waals surface area contributed by atoms with Gasteiger partial charge in [-0.1, -0.05) is 68.1 Å². The minimum atomic E-state index is -3.84. The van der Waals surface area contributed by atoms with Gasteiger partial charge in [-0.05, 0) is 50.8 Å². The molecule has 1 fully saturated rings. The fourth-order valence-electron chi connectivity index (χ4n) is 5.01. The highest BCUT2D eigenvalue weighted by Gasteiger charge is 2.33. The van der Waals surface area contributed by atoms with Gasteiger partial charge >= 0.3 is 0 Å². The Morgan fingerprint density at radius 1 is 1.05 bits per heavy atom. The van der Waals surface area contributed by atoms with E-state index >= 15 is 0 Å². The molecule has 0 aromatic heterocycles. The number of nitrogens with one attached hydrogen (secondary N) is 1. The molecule has 8 nitrogen and oxygen atoms in total. The fraction of sp³-hybridized carbons (Fsp3) is 0.517. The number of carbonyl (C=O) groups excluding carboxylic acids is 2. The maximum atomic E-state index is 13.9. The first kappa shape index (κ1) is 29.5. The Balaban J connectivity index is 1.94. The van der Waals surface area contributed by atoms with Crippen molar-refractivity contribution in [3.63, 3.8) is 0 Å². The third-order valence-electron chi connectivity index (χ3n) is 6.89. The number of benzene rings is 2. The molecule has 1 aliphatic carbocycles. The monoisotopic (exact) mass is 543 g/mol. The third-order valence-corrected chi connectivity index (χ3v) is 8.01. The number of nitrogens with zero attached hydrogens (tertiary/aromatic N) is 2. The van der Waals surface area contributed by atoms with Crippen LogP contribution in [0.2, 0.25) is 0 Å². The van der Waals surface area contributed by atoms with Gasteiger partial charge in [0, 0.05) is 12.6 Å². The van der Waals surface area contributed by atoms with Crippen molar-refractivity contribution in [3.8, 4) is 5.75 Å². The number of anilines is 1. The summed E-state index contributed by atoms with van der Waals surface area (Å²) in [5.41, 5.74) is 2.21. The van der Waals surface area contributed by atoms with Crippen molar-refractivity contribution in [3.05, 3.63) is 59.7 Å². The van der Waals surface area contributed by atoms with Gasteiger partial charge in [0.25, 0.3) is 0 Å². The Morgan fingerprint density at radius 2 is 1.76 bits per heavy atom. The fourth-order valence-corrected chi connectivity index (χ4v) is 5.86. The Hall–Kier alpha value is -3.07. The van der Waals surface area contributed by atoms with Crippen molar-refractivity contribution in [1.29, 1.82) is 0 Å². The maximum absolute atomic E-state index is 13.9. The summed E-state index contributed by atoms with van der Waals surface area (Å²) in [5.74, 6) is -0.268. The summed E-state index contributed by atoms with van der Waals surface area (Å²) >= 11 is 0. The lowest BCUT2D eigenvalue weighted by Crippen LogP contribution is -2.54. The molecular formula is C29H41N3O5S. The molecule has 1 saturated carbocycles. The lowest BCUT2D eigenvalue weighted by molar-refractivity contribution is -0.140. The predicted octanol–water partition coefficient (Wildman–Crippen LogP) is 4.42. The number of para-hydroxylation sites is 2. The third kappa shape index (κ3) is 7.96. The van der Waals surface area contributed by atoms with Gasteiger partial charge in [-0.3, -0.25) is 13.9 Å². The van der Waals surface area contributed by atoms with Crippen LogP contribution in [0.5, 0.6) is 5.75 Å². The quantitative estimate of drug-likeness (QED) is 0.428. The zero-order chi connectivity index (χ0) is 27.7. The van der Waals surface area contributed by atoms with Gasteiger partial charge < -0.3 is 15.0 Å². The summed E-state index contributed by atoms with van der Waals surface area (Å²) in [4.78, 5) is 28.9. The lowest BCUT2D eigenvalue weighted by Gasteiger charge is -2.34. The predicted molar refractivity (Wildman–Crippen MR) is 151 cm³/mol. The molecule has 3 rings (SSSR count). The average Bonchev–Trinajstić information content (AvgIpc) is 2.87. The molecule has 0 aliphatic heterocycles. The second-order valence-electron chi connectivity index (χ2n) is 9.95. The zero-order valence-corrected chi connectivity index (χ0v) is 23.8. The van der Waals surface area contributed by atoms with E-state index in [1.807, 2.05) is 45.0 Å². The van der Waals surface area contributed by atoms with E-state index in [0.29, 0.717) is 24.5 Å². The Kier molecular flexibility index (Phi) is 10.6. The van der Waals surface area contributed by atoms with Crippen molar-refractivity contribution in [2.45, 2.75) is 77.9 Å². The molecule has 2 aromatic carbocycles. The molecule has 1 aliphatic rings. The Bertz CT molecular complexity index is 1190. The molecular weight excluding hydrogens is 502 g/mol. The first-order chi connectivity index (χ1) is 18.1. The summed E-state index contributed by atoms with van der Waals surface area (Å²) in [6, 6.07) is 13.9. The van der Waals surface area contributed by atoms with E-state index in [2.05, 4.69) is 5.32 Å². The number of sulfonamides is 1. The molecule has 0 spiro atoms. The van der Waals surface area contributed by atoms with Crippen molar-refractivity contribution < 1.29 is 22.7 Å². The summed E-state index contributed by atoms with van der Waals surface area (Å²) in [5, 5.41) is 3.16. The van der Waals surface area contributed by atoms with Crippen LogP contribution in [0.3, 0.4) is 0 Å². The standard InChI is InChI=1S/C29H41N3O5S/c1-5-25(29(34)30-24-15-8-7-9-16-24)31(20-23-14-12-13-22(3)19-23)28(33)21-32(38(4,35)36)26-17-10-11-18-27(26)37-6-2/h10-14,17-19,24-25H,5-9,15-16,20-21H2,1-4H3,(H,30,34)/t25-/m1/s1. The molecule has 0 bridgehead atoms. The number of rotatable bonds is 12. The molecule has 38 heavy (non-hydrogen) atoms. The van der Waals surface area contributed by atoms with E-state index in [1.165, 1.54) is 11.3 Å². The van der Waals surface area contributed by atoms with Gasteiger partial charge in [0.15, 0.2) is 0 Å². The second kappa shape index (κ2) is 13.6. The van der Waals surface area contributed by atoms with E-state index in [4.69, 9.17) is 4.74 Å². The number of carbonyl (C=O) groups is 2. The first-order valence-corrected chi connectivity index (χ1v) is 15.3. The molecule has 0 radical (unpaired) electrons. The van der Waals surface area contributed by atoms with E-state index < -0.39 is 28.5 Å². The van der Waals surface area contributed by atoms with Crippen molar-refractivity contribution in [2.24, 2.45) is 0 Å². The van der Waals surface area contributed by atoms with Gasteiger partial charge in [0.2, 0.25) is 21.8 Å². The minimum Gasteiger partial charge on any atom is -0.492 e. The smallest absolute Gasteiger partial charge is 0.244 e. The van der Waals surface area contributed by atoms with Gasteiger partial charge in [0.05, 0.1) is 18.6 Å². The highest BCUT2D eigenvalue weighted by molar-refractivity contribution is 7.92. The number of aryl methyl sites for hydroxylation is 1. The van der Waals surface area contributed by atoms with Crippen LogP contribution in [0.1, 0.15) is 63.5 Å². The maximum Gasteiger partial charge on any atom is 0.244 e. The van der Waals surface area contributed by atoms with Crippen LogP contribution < -0.4 is 14.4 Å². The van der Waals surface area contributed by atoms with Crippen molar-refractivity contribution >= 4 is 27.5 Å². The lowest BCUT2D eigenvalue weighted by atomic mass is 9.95. The zero-order valence-electron chi connectivity index (χ0n) is 23.0. The van der Waals surface area contributed by atoms with E-state index in [-0.39, 0.29) is 18.5 Å². The van der Waals surface area contributed by atoms with Crippen LogP contribution in [0.15, 0.2) is 48.5 Å². The number of hydrogen-bond acceptors (Lipinski definition) is 5. The van der Waals surface area contributed by atoms with Crippen LogP contribution in [-0.2, 0) is 26.2 Å². The van der Waals surface area contributed by atoms with Gasteiger partial charge in [-0.25, -0.2) is 8.42 Å². The topological polar surface area (TPSA) is 96.0 Å². The van der Waals surface area contributed by atoms with Gasteiger partial charge in [-0.15, -0.1) is 0 Å². The van der Waals surface area contributed by atoms with E-state index in [9.17, 15) is 18.0 Å². The molecule has 1 N–H and O–H groups in total. The van der Waals surface area contributed by atoms with Gasteiger partial charge in [0.1, 0.15) is 18.3 Å². The number of hydrogen-bond donors (Lipinski definition) is 1. The van der Waals surface area contributed by atoms with Crippen molar-refractivity contribution in [1.82, 2.24) is 10.2 Å². The molecule has 2 amide bonds. The minimum absolute atomic E-state index is 0.104. The highest BCUT2D eigenvalue weighted by Crippen LogP contribution is 2.30. The molecule has 0 heterocycles. The Morgan fingerprint density at radius 3 is 2.39 bits per heavy atom.